The number of nitrogens with two attached hydrogens (primary N) is 1. The predicted molar refractivity (Wildman–Crippen MR) is 83.6 cm³/mol. The summed E-state index contributed by atoms with van der Waals surface area (Å²) in [5.74, 6) is 1.11. The van der Waals surface area contributed by atoms with Crippen LogP contribution in [0.3, 0.4) is 0 Å². The third-order valence-corrected chi connectivity index (χ3v) is 3.02. The van der Waals surface area contributed by atoms with Crippen LogP contribution in [0.5, 0.6) is 11.5 Å². The molecule has 0 atom stereocenters. The van der Waals surface area contributed by atoms with E-state index in [9.17, 15) is 4.79 Å². The van der Waals surface area contributed by atoms with Crippen molar-refractivity contribution in [3.05, 3.63) is 35.9 Å². The molecule has 0 radical (unpaired) electrons. The maximum Gasteiger partial charge on any atom is 0.239 e. The molecule has 3 N–H and O–H groups in total. The summed E-state index contributed by atoms with van der Waals surface area (Å²) in [5, 5.41) is 2.81. The zero-order valence-corrected chi connectivity index (χ0v) is 13.2. The molecule has 0 aliphatic rings. The Bertz CT molecular complexity index is 519. The standard InChI is InChI=1S/C16H24N2O3/c1-6-7-12-8-11(9-13(20-4)14(12)21-5)10-18-15(19)16(2,3)17/h6,8-9H,1,7,10,17H2,2-5H3,(H,18,19). The second-order valence-corrected chi connectivity index (χ2v) is 5.39. The van der Waals surface area contributed by atoms with Gasteiger partial charge in [-0.05, 0) is 38.0 Å². The lowest BCUT2D eigenvalue weighted by molar-refractivity contribution is -0.125. The monoisotopic (exact) mass is 292 g/mol. The lowest BCUT2D eigenvalue weighted by Crippen LogP contribution is -2.48. The van der Waals surface area contributed by atoms with Gasteiger partial charge >= 0.3 is 0 Å². The quantitative estimate of drug-likeness (QED) is 0.751. The molecule has 116 valence electrons. The first kappa shape index (κ1) is 17.0. The fourth-order valence-electron chi connectivity index (χ4n) is 1.93. The van der Waals surface area contributed by atoms with E-state index in [1.807, 2.05) is 12.1 Å². The van der Waals surface area contributed by atoms with Crippen LogP contribution in [0.15, 0.2) is 24.8 Å². The van der Waals surface area contributed by atoms with Crippen molar-refractivity contribution in [1.29, 1.82) is 0 Å². The van der Waals surface area contributed by atoms with E-state index >= 15 is 0 Å². The molecule has 0 bridgehead atoms. The molecule has 5 heteroatoms. The molecular weight excluding hydrogens is 268 g/mol. The lowest BCUT2D eigenvalue weighted by Gasteiger charge is -2.19. The Balaban J connectivity index is 3.00. The number of allylic oxidation sites excluding steroid dienone is 1. The summed E-state index contributed by atoms with van der Waals surface area (Å²) < 4.78 is 10.7. The summed E-state index contributed by atoms with van der Waals surface area (Å²) in [6.07, 6.45) is 2.45. The van der Waals surface area contributed by atoms with Crippen molar-refractivity contribution in [2.75, 3.05) is 14.2 Å². The van der Waals surface area contributed by atoms with E-state index in [1.54, 1.807) is 34.1 Å². The Kier molecular flexibility index (Phi) is 5.79. The van der Waals surface area contributed by atoms with Gasteiger partial charge in [0.2, 0.25) is 5.91 Å². The van der Waals surface area contributed by atoms with Crippen molar-refractivity contribution in [2.24, 2.45) is 5.73 Å². The van der Waals surface area contributed by atoms with Crippen molar-refractivity contribution in [3.8, 4) is 11.5 Å². The average Bonchev–Trinajstić information content (AvgIpc) is 2.43. The molecule has 0 saturated heterocycles. The van der Waals surface area contributed by atoms with Crippen molar-refractivity contribution >= 4 is 5.91 Å². The van der Waals surface area contributed by atoms with Crippen LogP contribution in [0.4, 0.5) is 0 Å². The Morgan fingerprint density at radius 3 is 2.52 bits per heavy atom. The molecule has 0 aromatic heterocycles. The minimum atomic E-state index is -0.902. The van der Waals surface area contributed by atoms with Crippen molar-refractivity contribution in [2.45, 2.75) is 32.4 Å². The highest BCUT2D eigenvalue weighted by Gasteiger charge is 2.21. The number of nitrogens with one attached hydrogen (secondary N) is 1. The minimum Gasteiger partial charge on any atom is -0.493 e. The SMILES string of the molecule is C=CCc1cc(CNC(=O)C(C)(C)N)cc(OC)c1OC. The van der Waals surface area contributed by atoms with E-state index in [0.29, 0.717) is 24.5 Å². The van der Waals surface area contributed by atoms with E-state index in [-0.39, 0.29) is 5.91 Å². The van der Waals surface area contributed by atoms with Crippen LogP contribution in [0, 0.1) is 0 Å². The van der Waals surface area contributed by atoms with Gasteiger partial charge in [0.05, 0.1) is 19.8 Å². The van der Waals surface area contributed by atoms with Crippen LogP contribution >= 0.6 is 0 Å². The zero-order chi connectivity index (χ0) is 16.0. The van der Waals surface area contributed by atoms with Gasteiger partial charge in [0.25, 0.3) is 0 Å². The molecule has 0 aliphatic heterocycles. The molecule has 1 amide bonds. The maximum absolute atomic E-state index is 11.8. The van der Waals surface area contributed by atoms with Gasteiger partial charge in [-0.15, -0.1) is 6.58 Å². The molecule has 0 aliphatic carbocycles. The summed E-state index contributed by atoms with van der Waals surface area (Å²) in [4.78, 5) is 11.8. The Morgan fingerprint density at radius 1 is 1.38 bits per heavy atom. The van der Waals surface area contributed by atoms with Crippen molar-refractivity contribution < 1.29 is 14.3 Å². The van der Waals surface area contributed by atoms with Crippen molar-refractivity contribution in [3.63, 3.8) is 0 Å². The predicted octanol–water partition coefficient (Wildman–Crippen LogP) is 1.79. The van der Waals surface area contributed by atoms with Gasteiger partial charge in [-0.3, -0.25) is 4.79 Å². The van der Waals surface area contributed by atoms with E-state index < -0.39 is 5.54 Å². The van der Waals surface area contributed by atoms with Gasteiger partial charge < -0.3 is 20.5 Å². The summed E-state index contributed by atoms with van der Waals surface area (Å²) in [6, 6.07) is 3.81. The van der Waals surface area contributed by atoms with Gasteiger partial charge in [-0.1, -0.05) is 6.08 Å². The smallest absolute Gasteiger partial charge is 0.239 e. The van der Waals surface area contributed by atoms with Crippen LogP contribution in [0.2, 0.25) is 0 Å². The highest BCUT2D eigenvalue weighted by atomic mass is 16.5. The minimum absolute atomic E-state index is 0.206. The molecule has 1 aromatic rings. The molecule has 0 spiro atoms. The second kappa shape index (κ2) is 7.13. The summed E-state index contributed by atoms with van der Waals surface area (Å²) in [7, 11) is 3.18. The Labute approximate surface area is 126 Å². The molecule has 0 heterocycles. The lowest BCUT2D eigenvalue weighted by atomic mass is 10.0. The zero-order valence-electron chi connectivity index (χ0n) is 13.2. The number of amides is 1. The third-order valence-electron chi connectivity index (χ3n) is 3.02. The largest absolute Gasteiger partial charge is 0.493 e. The number of hydrogen-bond acceptors (Lipinski definition) is 4. The number of carbonyl (C=O) groups is 1. The van der Waals surface area contributed by atoms with E-state index in [2.05, 4.69) is 11.9 Å². The molecular formula is C16H24N2O3. The van der Waals surface area contributed by atoms with Crippen LogP contribution < -0.4 is 20.5 Å². The molecule has 0 saturated carbocycles. The number of benzene rings is 1. The normalized spacial score (nSPS) is 10.9. The fourth-order valence-corrected chi connectivity index (χ4v) is 1.93. The Hall–Kier alpha value is -2.01. The number of ether oxygens (including phenoxy) is 2. The topological polar surface area (TPSA) is 73.6 Å². The van der Waals surface area contributed by atoms with Gasteiger partial charge in [0.15, 0.2) is 11.5 Å². The van der Waals surface area contributed by atoms with Crippen molar-refractivity contribution in [1.82, 2.24) is 5.32 Å². The summed E-state index contributed by atoms with van der Waals surface area (Å²) in [6.45, 7) is 7.45. The van der Waals surface area contributed by atoms with Gasteiger partial charge in [-0.25, -0.2) is 0 Å². The number of rotatable bonds is 7. The molecule has 0 fully saturated rings. The number of methoxy groups -OCH3 is 2. The highest BCUT2D eigenvalue weighted by Crippen LogP contribution is 2.33. The Morgan fingerprint density at radius 2 is 2.05 bits per heavy atom. The van der Waals surface area contributed by atoms with E-state index in [0.717, 1.165) is 11.1 Å². The van der Waals surface area contributed by atoms with E-state index in [1.165, 1.54) is 0 Å². The molecule has 5 nitrogen and oxygen atoms in total. The summed E-state index contributed by atoms with van der Waals surface area (Å²) in [5.41, 5.74) is 6.73. The van der Waals surface area contributed by atoms with Gasteiger partial charge in [-0.2, -0.15) is 0 Å². The van der Waals surface area contributed by atoms with Crippen LogP contribution in [0.25, 0.3) is 0 Å². The number of hydrogen-bond donors (Lipinski definition) is 2. The molecule has 21 heavy (non-hydrogen) atoms. The first-order valence-corrected chi connectivity index (χ1v) is 6.75. The van der Waals surface area contributed by atoms with Gasteiger partial charge in [0.1, 0.15) is 0 Å². The molecule has 1 aromatic carbocycles. The molecule has 1 rings (SSSR count). The highest BCUT2D eigenvalue weighted by molar-refractivity contribution is 5.85. The number of carbonyl (C=O) groups excluding carboxylic acids is 1. The average molecular weight is 292 g/mol. The van der Waals surface area contributed by atoms with E-state index in [4.69, 9.17) is 15.2 Å². The first-order chi connectivity index (χ1) is 9.83. The van der Waals surface area contributed by atoms with Crippen LogP contribution in [0.1, 0.15) is 25.0 Å². The van der Waals surface area contributed by atoms with Crippen LogP contribution in [-0.2, 0) is 17.8 Å². The second-order valence-electron chi connectivity index (χ2n) is 5.39. The fraction of sp³-hybridized carbons (Fsp3) is 0.438. The first-order valence-electron chi connectivity index (χ1n) is 6.75. The summed E-state index contributed by atoms with van der Waals surface area (Å²) >= 11 is 0. The maximum atomic E-state index is 11.8. The van der Waals surface area contributed by atoms with Gasteiger partial charge in [0, 0.05) is 12.1 Å². The van der Waals surface area contributed by atoms with Crippen LogP contribution in [-0.4, -0.2) is 25.7 Å². The third kappa shape index (κ3) is 4.49. The molecule has 0 unspecified atom stereocenters.